The molecule has 5 nitrogen and oxygen atoms in total. The highest BCUT2D eigenvalue weighted by Crippen LogP contribution is 2.07. The smallest absolute Gasteiger partial charge is 0.407 e. The SMILES string of the molecule is CC(C)(C)OC(=O)NCC(Cc1ccccc1)NOCc1ccccc1. The average Bonchev–Trinajstić information content (AvgIpc) is 2.60. The van der Waals surface area contributed by atoms with Crippen molar-refractivity contribution in [3.8, 4) is 0 Å². The molecule has 0 saturated heterocycles. The Balaban J connectivity index is 1.87. The number of hydrogen-bond donors (Lipinski definition) is 2. The van der Waals surface area contributed by atoms with Crippen LogP contribution in [0.15, 0.2) is 60.7 Å². The first-order chi connectivity index (χ1) is 12.4. The van der Waals surface area contributed by atoms with Crippen LogP contribution in [0, 0.1) is 0 Å². The minimum absolute atomic E-state index is 0.0753. The Morgan fingerprint density at radius 1 is 0.962 bits per heavy atom. The Morgan fingerprint density at radius 2 is 1.54 bits per heavy atom. The molecule has 2 aromatic rings. The lowest BCUT2D eigenvalue weighted by Crippen LogP contribution is -2.43. The Bertz CT molecular complexity index is 654. The van der Waals surface area contributed by atoms with E-state index >= 15 is 0 Å². The zero-order chi connectivity index (χ0) is 18.8. The number of amides is 1. The van der Waals surface area contributed by atoms with Gasteiger partial charge in [0.15, 0.2) is 0 Å². The lowest BCUT2D eigenvalue weighted by atomic mass is 10.1. The fraction of sp³-hybridized carbons (Fsp3) is 0.381. The second kappa shape index (κ2) is 9.94. The quantitative estimate of drug-likeness (QED) is 0.706. The summed E-state index contributed by atoms with van der Waals surface area (Å²) < 4.78 is 5.29. The Hall–Kier alpha value is -2.37. The topological polar surface area (TPSA) is 59.6 Å². The second-order valence-corrected chi connectivity index (χ2v) is 7.16. The maximum Gasteiger partial charge on any atom is 0.407 e. The molecule has 2 N–H and O–H groups in total. The van der Waals surface area contributed by atoms with Crippen molar-refractivity contribution in [1.82, 2.24) is 10.8 Å². The van der Waals surface area contributed by atoms with Crippen LogP contribution < -0.4 is 10.8 Å². The van der Waals surface area contributed by atoms with Crippen LogP contribution in [0.25, 0.3) is 0 Å². The van der Waals surface area contributed by atoms with Crippen LogP contribution in [-0.4, -0.2) is 24.3 Å². The lowest BCUT2D eigenvalue weighted by Gasteiger charge is -2.22. The van der Waals surface area contributed by atoms with Crippen molar-refractivity contribution in [2.24, 2.45) is 0 Å². The maximum absolute atomic E-state index is 11.9. The molecule has 0 radical (unpaired) electrons. The van der Waals surface area contributed by atoms with Gasteiger partial charge in [0.25, 0.3) is 0 Å². The van der Waals surface area contributed by atoms with Gasteiger partial charge in [-0.2, -0.15) is 5.48 Å². The minimum atomic E-state index is -0.518. The van der Waals surface area contributed by atoms with E-state index in [4.69, 9.17) is 9.57 Å². The molecule has 0 aliphatic heterocycles. The summed E-state index contributed by atoms with van der Waals surface area (Å²) >= 11 is 0. The number of rotatable bonds is 8. The molecule has 0 bridgehead atoms. The maximum atomic E-state index is 11.9. The van der Waals surface area contributed by atoms with E-state index in [0.717, 1.165) is 12.0 Å². The summed E-state index contributed by atoms with van der Waals surface area (Å²) in [5.41, 5.74) is 4.80. The van der Waals surface area contributed by atoms with Crippen LogP contribution in [0.4, 0.5) is 4.79 Å². The molecule has 0 heterocycles. The highest BCUT2D eigenvalue weighted by Gasteiger charge is 2.18. The van der Waals surface area contributed by atoms with Crippen molar-refractivity contribution in [3.05, 3.63) is 71.8 Å². The fourth-order valence-electron chi connectivity index (χ4n) is 2.39. The molecule has 1 amide bonds. The molecule has 26 heavy (non-hydrogen) atoms. The average molecular weight is 356 g/mol. The first kappa shape index (κ1) is 19.9. The molecule has 2 rings (SSSR count). The molecule has 5 heteroatoms. The zero-order valence-electron chi connectivity index (χ0n) is 15.7. The van der Waals surface area contributed by atoms with Crippen molar-refractivity contribution in [1.29, 1.82) is 0 Å². The molecule has 140 valence electrons. The number of ether oxygens (including phenoxy) is 1. The van der Waals surface area contributed by atoms with Gasteiger partial charge >= 0.3 is 6.09 Å². The molecule has 0 spiro atoms. The first-order valence-electron chi connectivity index (χ1n) is 8.84. The van der Waals surface area contributed by atoms with E-state index in [0.29, 0.717) is 13.2 Å². The predicted molar refractivity (Wildman–Crippen MR) is 103 cm³/mol. The highest BCUT2D eigenvalue weighted by atomic mass is 16.6. The molecular weight excluding hydrogens is 328 g/mol. The monoisotopic (exact) mass is 356 g/mol. The van der Waals surface area contributed by atoms with Gasteiger partial charge in [0.05, 0.1) is 12.6 Å². The molecule has 1 atom stereocenters. The summed E-state index contributed by atoms with van der Waals surface area (Å²) in [5, 5.41) is 2.80. The third-order valence-corrected chi connectivity index (χ3v) is 3.55. The molecule has 0 aromatic heterocycles. The van der Waals surface area contributed by atoms with Crippen LogP contribution in [0.3, 0.4) is 0 Å². The van der Waals surface area contributed by atoms with Crippen molar-refractivity contribution in [2.75, 3.05) is 6.54 Å². The number of carbonyl (C=O) groups excluding carboxylic acids is 1. The van der Waals surface area contributed by atoms with Crippen molar-refractivity contribution in [2.45, 2.75) is 45.4 Å². The standard InChI is InChI=1S/C21H28N2O3/c1-21(2,3)26-20(24)22-15-19(14-17-10-6-4-7-11-17)23-25-16-18-12-8-5-9-13-18/h4-13,19,23H,14-16H2,1-3H3,(H,22,24). The molecule has 0 aliphatic rings. The van der Waals surface area contributed by atoms with Gasteiger partial charge in [-0.1, -0.05) is 60.7 Å². The molecule has 0 aliphatic carbocycles. The van der Waals surface area contributed by atoms with Gasteiger partial charge in [-0.05, 0) is 38.3 Å². The van der Waals surface area contributed by atoms with Gasteiger partial charge in [0.1, 0.15) is 5.60 Å². The fourth-order valence-corrected chi connectivity index (χ4v) is 2.39. The Morgan fingerprint density at radius 3 is 2.12 bits per heavy atom. The number of hydrogen-bond acceptors (Lipinski definition) is 4. The normalized spacial score (nSPS) is 12.4. The Labute approximate surface area is 155 Å². The third-order valence-electron chi connectivity index (χ3n) is 3.55. The molecule has 1 unspecified atom stereocenters. The van der Waals surface area contributed by atoms with E-state index in [1.54, 1.807) is 0 Å². The van der Waals surface area contributed by atoms with Crippen LogP contribution in [-0.2, 0) is 22.6 Å². The summed E-state index contributed by atoms with van der Waals surface area (Å²) in [7, 11) is 0. The lowest BCUT2D eigenvalue weighted by molar-refractivity contribution is 0.00228. The van der Waals surface area contributed by atoms with Crippen molar-refractivity contribution < 1.29 is 14.4 Å². The summed E-state index contributed by atoms with van der Waals surface area (Å²) in [4.78, 5) is 17.6. The van der Waals surface area contributed by atoms with E-state index in [-0.39, 0.29) is 6.04 Å². The van der Waals surface area contributed by atoms with E-state index in [9.17, 15) is 4.79 Å². The van der Waals surface area contributed by atoms with Crippen LogP contribution in [0.1, 0.15) is 31.9 Å². The van der Waals surface area contributed by atoms with Gasteiger partial charge < -0.3 is 10.1 Å². The predicted octanol–water partition coefficient (Wildman–Crippen LogP) is 3.84. The largest absolute Gasteiger partial charge is 0.444 e. The van der Waals surface area contributed by atoms with E-state index in [1.165, 1.54) is 5.56 Å². The summed E-state index contributed by atoms with van der Waals surface area (Å²) in [5.74, 6) is 0. The second-order valence-electron chi connectivity index (χ2n) is 7.16. The number of nitrogens with one attached hydrogen (secondary N) is 2. The van der Waals surface area contributed by atoms with Crippen LogP contribution >= 0.6 is 0 Å². The van der Waals surface area contributed by atoms with Crippen molar-refractivity contribution >= 4 is 6.09 Å². The molecule has 0 fully saturated rings. The van der Waals surface area contributed by atoms with Crippen molar-refractivity contribution in [3.63, 3.8) is 0 Å². The van der Waals surface area contributed by atoms with E-state index in [2.05, 4.69) is 22.9 Å². The Kier molecular flexibility index (Phi) is 7.63. The van der Waals surface area contributed by atoms with Gasteiger partial charge in [-0.3, -0.25) is 4.84 Å². The van der Waals surface area contributed by atoms with Crippen LogP contribution in [0.2, 0.25) is 0 Å². The summed E-state index contributed by atoms with van der Waals surface area (Å²) in [6.07, 6.45) is 0.297. The molecular formula is C21H28N2O3. The van der Waals surface area contributed by atoms with E-state index < -0.39 is 11.7 Å². The molecule has 0 saturated carbocycles. The minimum Gasteiger partial charge on any atom is -0.444 e. The van der Waals surface area contributed by atoms with Crippen LogP contribution in [0.5, 0.6) is 0 Å². The zero-order valence-corrected chi connectivity index (χ0v) is 15.7. The summed E-state index contributed by atoms with van der Waals surface area (Å²) in [6, 6.07) is 20.0. The van der Waals surface area contributed by atoms with Gasteiger partial charge in [-0.15, -0.1) is 0 Å². The van der Waals surface area contributed by atoms with Gasteiger partial charge in [-0.25, -0.2) is 4.79 Å². The van der Waals surface area contributed by atoms with Gasteiger partial charge in [0, 0.05) is 6.54 Å². The highest BCUT2D eigenvalue weighted by molar-refractivity contribution is 5.67. The number of hydroxylamine groups is 1. The first-order valence-corrected chi connectivity index (χ1v) is 8.84. The van der Waals surface area contributed by atoms with Gasteiger partial charge in [0.2, 0.25) is 0 Å². The summed E-state index contributed by atoms with van der Waals surface area (Å²) in [6.45, 7) is 6.39. The third kappa shape index (κ3) is 8.14. The number of benzene rings is 2. The van der Waals surface area contributed by atoms with E-state index in [1.807, 2.05) is 69.3 Å². The molecule has 2 aromatic carbocycles. The number of alkyl carbamates (subject to hydrolysis) is 1. The number of carbonyl (C=O) groups is 1.